The van der Waals surface area contributed by atoms with Crippen LogP contribution in [0.15, 0.2) is 50.9 Å². The minimum absolute atomic E-state index is 0.00968. The predicted octanol–water partition coefficient (Wildman–Crippen LogP) is 4.54. The first-order chi connectivity index (χ1) is 15.8. The monoisotopic (exact) mass is 524 g/mol. The van der Waals surface area contributed by atoms with E-state index in [0.29, 0.717) is 38.3 Å². The lowest BCUT2D eigenvalue weighted by Gasteiger charge is -2.30. The summed E-state index contributed by atoms with van der Waals surface area (Å²) in [7, 11) is -3.62. The van der Waals surface area contributed by atoms with Gasteiger partial charge in [-0.3, -0.25) is 14.9 Å². The van der Waals surface area contributed by atoms with Gasteiger partial charge in [-0.05, 0) is 31.2 Å². The number of thiophene rings is 1. The lowest BCUT2D eigenvalue weighted by molar-refractivity contribution is -0.384. The quantitative estimate of drug-likeness (QED) is 0.273. The van der Waals surface area contributed by atoms with Gasteiger partial charge in [0, 0.05) is 35.3 Å². The fourth-order valence-electron chi connectivity index (χ4n) is 3.54. The Hall–Kier alpha value is -2.32. The second kappa shape index (κ2) is 9.89. The Bertz CT molecular complexity index is 1280. The summed E-state index contributed by atoms with van der Waals surface area (Å²) in [4.78, 5) is 29.2. The van der Waals surface area contributed by atoms with E-state index in [0.717, 1.165) is 0 Å². The zero-order valence-electron chi connectivity index (χ0n) is 17.5. The summed E-state index contributed by atoms with van der Waals surface area (Å²) in [6.45, 7) is 0.538. The number of amides is 1. The van der Waals surface area contributed by atoms with E-state index < -0.39 is 14.9 Å². The van der Waals surface area contributed by atoms with Crippen LogP contribution in [0, 0.1) is 16.0 Å². The second-order valence-electron chi connectivity index (χ2n) is 7.28. The molecule has 3 aromatic rings. The molecule has 1 fully saturated rings. The number of anilines is 1. The van der Waals surface area contributed by atoms with E-state index >= 15 is 0 Å². The molecule has 1 aromatic carbocycles. The highest BCUT2D eigenvalue weighted by Gasteiger charge is 2.33. The van der Waals surface area contributed by atoms with Crippen molar-refractivity contribution in [2.45, 2.75) is 22.6 Å². The summed E-state index contributed by atoms with van der Waals surface area (Å²) < 4.78 is 27.6. The van der Waals surface area contributed by atoms with Gasteiger partial charge in [-0.1, -0.05) is 12.1 Å². The summed E-state index contributed by atoms with van der Waals surface area (Å²) in [5.41, 5.74) is 0.581. The summed E-state index contributed by atoms with van der Waals surface area (Å²) in [5, 5.41) is 17.3. The van der Waals surface area contributed by atoms with Crippen LogP contribution in [0.5, 0.6) is 0 Å². The van der Waals surface area contributed by atoms with Gasteiger partial charge >= 0.3 is 0 Å². The van der Waals surface area contributed by atoms with Gasteiger partial charge in [-0.15, -0.1) is 34.4 Å². The number of carbonyl (C=O) groups excluding carboxylic acids is 1. The lowest BCUT2D eigenvalue weighted by Crippen LogP contribution is -2.41. The number of thiazole rings is 1. The first-order valence-electron chi connectivity index (χ1n) is 9.92. The van der Waals surface area contributed by atoms with Crippen LogP contribution in [0.4, 0.5) is 10.8 Å². The van der Waals surface area contributed by atoms with E-state index in [1.807, 2.05) is 12.3 Å². The zero-order valence-corrected chi connectivity index (χ0v) is 20.7. The summed E-state index contributed by atoms with van der Waals surface area (Å²) >= 11 is 3.85. The fraction of sp³-hybridized carbons (Fsp3) is 0.300. The summed E-state index contributed by atoms with van der Waals surface area (Å²) in [6, 6.07) is 8.38. The maximum atomic E-state index is 13.1. The Morgan fingerprint density at radius 1 is 1.24 bits per heavy atom. The molecule has 1 amide bonds. The molecule has 33 heavy (non-hydrogen) atoms. The van der Waals surface area contributed by atoms with Crippen molar-refractivity contribution in [2.24, 2.45) is 5.92 Å². The molecule has 1 N–H and O–H groups in total. The number of thioether (sulfide) groups is 1. The Kier molecular flexibility index (Phi) is 7.14. The topological polar surface area (TPSA) is 123 Å². The third-order valence-corrected chi connectivity index (χ3v) is 9.87. The van der Waals surface area contributed by atoms with Crippen LogP contribution < -0.4 is 5.32 Å². The van der Waals surface area contributed by atoms with Crippen molar-refractivity contribution in [2.75, 3.05) is 24.7 Å². The molecule has 3 heterocycles. The third kappa shape index (κ3) is 5.11. The molecule has 0 unspecified atom stereocenters. The predicted molar refractivity (Wildman–Crippen MR) is 130 cm³/mol. The highest BCUT2D eigenvalue weighted by molar-refractivity contribution is 7.99. The Balaban J connectivity index is 1.37. The molecule has 2 aromatic heterocycles. The first kappa shape index (κ1) is 23.8. The molecule has 0 radical (unpaired) electrons. The van der Waals surface area contributed by atoms with Crippen molar-refractivity contribution in [3.8, 4) is 10.6 Å². The average Bonchev–Trinajstić information content (AvgIpc) is 3.49. The molecule has 0 bridgehead atoms. The van der Waals surface area contributed by atoms with Crippen LogP contribution in [0.25, 0.3) is 10.6 Å². The molecule has 1 saturated heterocycles. The number of nitrogens with one attached hydrogen (secondary N) is 1. The van der Waals surface area contributed by atoms with Crippen molar-refractivity contribution in [1.82, 2.24) is 9.29 Å². The van der Waals surface area contributed by atoms with E-state index in [2.05, 4.69) is 10.3 Å². The van der Waals surface area contributed by atoms with E-state index in [4.69, 9.17) is 0 Å². The largest absolute Gasteiger partial charge is 0.302 e. The number of nitro groups is 1. The molecule has 4 rings (SSSR count). The summed E-state index contributed by atoms with van der Waals surface area (Å²) in [5.74, 6) is -0.517. The highest BCUT2D eigenvalue weighted by atomic mass is 32.2. The number of benzene rings is 1. The molecule has 0 saturated carbocycles. The molecule has 1 aliphatic heterocycles. The number of hydrogen-bond acceptors (Lipinski definition) is 9. The fourth-order valence-corrected chi connectivity index (χ4v) is 7.73. The van der Waals surface area contributed by atoms with Crippen molar-refractivity contribution in [3.63, 3.8) is 0 Å². The van der Waals surface area contributed by atoms with Gasteiger partial charge in [0.2, 0.25) is 15.9 Å². The van der Waals surface area contributed by atoms with Crippen LogP contribution in [-0.4, -0.2) is 47.9 Å². The summed E-state index contributed by atoms with van der Waals surface area (Å²) in [6.07, 6.45) is 2.68. The molecule has 0 spiro atoms. The molecule has 0 aliphatic carbocycles. The van der Waals surface area contributed by atoms with E-state index in [1.165, 1.54) is 50.2 Å². The molecular weight excluding hydrogens is 505 g/mol. The van der Waals surface area contributed by atoms with Gasteiger partial charge in [0.1, 0.15) is 0 Å². The van der Waals surface area contributed by atoms with Crippen LogP contribution in [0.2, 0.25) is 0 Å². The smallest absolute Gasteiger partial charge is 0.280 e. The van der Waals surface area contributed by atoms with E-state index in [1.54, 1.807) is 23.6 Å². The van der Waals surface area contributed by atoms with Gasteiger partial charge in [-0.25, -0.2) is 13.4 Å². The molecular formula is C20H20N4O5S4. The average molecular weight is 525 g/mol. The zero-order chi connectivity index (χ0) is 23.6. The number of rotatable bonds is 7. The molecule has 0 atom stereocenters. The maximum Gasteiger partial charge on any atom is 0.280 e. The van der Waals surface area contributed by atoms with Gasteiger partial charge in [0.25, 0.3) is 5.69 Å². The van der Waals surface area contributed by atoms with Crippen LogP contribution in [-0.2, 0) is 14.8 Å². The van der Waals surface area contributed by atoms with Crippen LogP contribution >= 0.6 is 34.4 Å². The Morgan fingerprint density at radius 3 is 2.64 bits per heavy atom. The number of aromatic nitrogens is 1. The lowest BCUT2D eigenvalue weighted by atomic mass is 9.97. The number of piperidine rings is 1. The normalized spacial score (nSPS) is 15.4. The van der Waals surface area contributed by atoms with Crippen molar-refractivity contribution in [1.29, 1.82) is 0 Å². The van der Waals surface area contributed by atoms with Crippen LogP contribution in [0.3, 0.4) is 0 Å². The number of carbonyl (C=O) groups is 1. The molecule has 174 valence electrons. The van der Waals surface area contributed by atoms with Crippen molar-refractivity contribution >= 4 is 61.2 Å². The van der Waals surface area contributed by atoms with Gasteiger partial charge in [0.15, 0.2) is 5.13 Å². The molecule has 9 nitrogen and oxygen atoms in total. The van der Waals surface area contributed by atoms with Gasteiger partial charge < -0.3 is 5.32 Å². The molecule has 1 aliphatic rings. The highest BCUT2D eigenvalue weighted by Crippen LogP contribution is 2.34. The maximum absolute atomic E-state index is 13.1. The van der Waals surface area contributed by atoms with Crippen molar-refractivity contribution in [3.05, 3.63) is 51.2 Å². The minimum atomic E-state index is -3.62. The van der Waals surface area contributed by atoms with Gasteiger partial charge in [-0.2, -0.15) is 4.31 Å². The standard InChI is InChI=1S/C20H20N4O5S4/c1-30-16-4-2-3-5-18(16)33(28,29)23-8-6-13(7-9-23)19(25)22-20-21-15(12-32-20)17-10-14(11-31-17)24(26)27/h2-5,10-13H,6-9H2,1H3,(H,21,22,25). The Morgan fingerprint density at radius 2 is 1.97 bits per heavy atom. The SMILES string of the molecule is CSc1ccccc1S(=O)(=O)N1CCC(C(=O)Nc2nc(-c3cc([N+](=O)[O-])cs3)cs2)CC1. The van der Waals surface area contributed by atoms with E-state index in [-0.39, 0.29) is 30.6 Å². The first-order valence-corrected chi connectivity index (χ1v) is 14.3. The van der Waals surface area contributed by atoms with Crippen LogP contribution in [0.1, 0.15) is 12.8 Å². The molecule has 13 heteroatoms. The third-order valence-electron chi connectivity index (χ3n) is 5.29. The second-order valence-corrected chi connectivity index (χ2v) is 11.8. The minimum Gasteiger partial charge on any atom is -0.302 e. The van der Waals surface area contributed by atoms with Gasteiger partial charge in [0.05, 0.1) is 25.8 Å². The number of sulfonamides is 1. The number of nitrogens with zero attached hydrogens (tertiary/aromatic N) is 3. The van der Waals surface area contributed by atoms with E-state index in [9.17, 15) is 23.3 Å². The Labute approximate surface area is 203 Å². The number of hydrogen-bond donors (Lipinski definition) is 1. The van der Waals surface area contributed by atoms with Crippen molar-refractivity contribution < 1.29 is 18.1 Å².